The summed E-state index contributed by atoms with van der Waals surface area (Å²) in [5, 5.41) is 10.8. The SMILES string of the molecule is O=C(NCc1ccc(F)cc1)c1nn(CCOc2ccccc2)c2c1CNCC2. The number of nitrogens with zero attached hydrogens (tertiary/aromatic N) is 2. The number of nitrogens with one attached hydrogen (secondary N) is 2. The molecule has 29 heavy (non-hydrogen) atoms. The molecule has 4 rings (SSSR count). The van der Waals surface area contributed by atoms with Crippen LogP contribution in [0.4, 0.5) is 4.39 Å². The topological polar surface area (TPSA) is 68.2 Å². The van der Waals surface area contributed by atoms with Gasteiger partial charge in [0.15, 0.2) is 5.69 Å². The summed E-state index contributed by atoms with van der Waals surface area (Å²) in [4.78, 5) is 12.7. The van der Waals surface area contributed by atoms with E-state index in [1.165, 1.54) is 12.1 Å². The van der Waals surface area contributed by atoms with E-state index in [2.05, 4.69) is 15.7 Å². The molecule has 0 saturated carbocycles. The molecule has 1 aliphatic rings. The molecule has 0 radical (unpaired) electrons. The van der Waals surface area contributed by atoms with Gasteiger partial charge in [-0.05, 0) is 29.8 Å². The van der Waals surface area contributed by atoms with E-state index in [4.69, 9.17) is 4.74 Å². The van der Waals surface area contributed by atoms with Gasteiger partial charge in [0.2, 0.25) is 0 Å². The van der Waals surface area contributed by atoms with Crippen molar-refractivity contribution < 1.29 is 13.9 Å². The third kappa shape index (κ3) is 4.63. The zero-order valence-corrected chi connectivity index (χ0v) is 16.0. The molecule has 0 spiro atoms. The van der Waals surface area contributed by atoms with Crippen molar-refractivity contribution in [2.75, 3.05) is 13.2 Å². The highest BCUT2D eigenvalue weighted by atomic mass is 19.1. The number of carbonyl (C=O) groups is 1. The Morgan fingerprint density at radius 3 is 2.76 bits per heavy atom. The Kier molecular flexibility index (Phi) is 5.86. The number of fused-ring (bicyclic) bond motifs is 1. The Morgan fingerprint density at radius 1 is 1.17 bits per heavy atom. The standard InChI is InChI=1S/C22H23FN4O2/c23-17-8-6-16(7-9-17)14-25-22(28)21-19-15-24-11-10-20(19)27(26-21)12-13-29-18-4-2-1-3-5-18/h1-9,24H,10-15H2,(H,25,28). The summed E-state index contributed by atoms with van der Waals surface area (Å²) in [6, 6.07) is 15.7. The van der Waals surface area contributed by atoms with E-state index >= 15 is 0 Å². The second-order valence-electron chi connectivity index (χ2n) is 6.89. The van der Waals surface area contributed by atoms with Crippen LogP contribution in [0.2, 0.25) is 0 Å². The van der Waals surface area contributed by atoms with Gasteiger partial charge in [-0.3, -0.25) is 9.48 Å². The lowest BCUT2D eigenvalue weighted by molar-refractivity contribution is 0.0943. The van der Waals surface area contributed by atoms with Crippen LogP contribution in [0.1, 0.15) is 27.3 Å². The zero-order chi connectivity index (χ0) is 20.1. The van der Waals surface area contributed by atoms with Gasteiger partial charge in [0, 0.05) is 37.3 Å². The van der Waals surface area contributed by atoms with Gasteiger partial charge in [-0.25, -0.2) is 4.39 Å². The van der Waals surface area contributed by atoms with Crippen molar-refractivity contribution in [1.82, 2.24) is 20.4 Å². The summed E-state index contributed by atoms with van der Waals surface area (Å²) in [6.45, 7) is 2.85. The van der Waals surface area contributed by atoms with E-state index in [1.54, 1.807) is 12.1 Å². The first-order valence-electron chi connectivity index (χ1n) is 9.70. The molecular formula is C22H23FN4O2. The quantitative estimate of drug-likeness (QED) is 0.647. The molecular weight excluding hydrogens is 371 g/mol. The Bertz CT molecular complexity index is 970. The third-order valence-corrected chi connectivity index (χ3v) is 4.90. The number of carbonyl (C=O) groups excluding carboxylic acids is 1. The number of hydrogen-bond donors (Lipinski definition) is 2. The number of hydrogen-bond acceptors (Lipinski definition) is 4. The lowest BCUT2D eigenvalue weighted by Gasteiger charge is -2.15. The van der Waals surface area contributed by atoms with Crippen LogP contribution in [0.3, 0.4) is 0 Å². The third-order valence-electron chi connectivity index (χ3n) is 4.90. The highest BCUT2D eigenvalue weighted by molar-refractivity contribution is 5.94. The van der Waals surface area contributed by atoms with Gasteiger partial charge >= 0.3 is 0 Å². The van der Waals surface area contributed by atoms with Crippen LogP contribution in [0.5, 0.6) is 5.75 Å². The van der Waals surface area contributed by atoms with Crippen molar-refractivity contribution in [1.29, 1.82) is 0 Å². The molecule has 2 N–H and O–H groups in total. The maximum Gasteiger partial charge on any atom is 0.272 e. The van der Waals surface area contributed by atoms with E-state index in [-0.39, 0.29) is 11.7 Å². The minimum Gasteiger partial charge on any atom is -0.492 e. The van der Waals surface area contributed by atoms with E-state index in [9.17, 15) is 9.18 Å². The van der Waals surface area contributed by atoms with Gasteiger partial charge in [-0.1, -0.05) is 30.3 Å². The summed E-state index contributed by atoms with van der Waals surface area (Å²) in [7, 11) is 0. The Morgan fingerprint density at radius 2 is 1.97 bits per heavy atom. The van der Waals surface area contributed by atoms with Crippen LogP contribution in [0, 0.1) is 5.82 Å². The molecule has 6 nitrogen and oxygen atoms in total. The predicted octanol–water partition coefficient (Wildman–Crippen LogP) is 2.68. The molecule has 1 aliphatic heterocycles. The lowest BCUT2D eigenvalue weighted by atomic mass is 10.1. The van der Waals surface area contributed by atoms with Crippen LogP contribution in [0.15, 0.2) is 54.6 Å². The molecule has 1 aromatic heterocycles. The highest BCUT2D eigenvalue weighted by Gasteiger charge is 2.24. The number of benzene rings is 2. The molecule has 7 heteroatoms. The van der Waals surface area contributed by atoms with Crippen molar-refractivity contribution in [3.63, 3.8) is 0 Å². The minimum absolute atomic E-state index is 0.225. The molecule has 0 aliphatic carbocycles. The van der Waals surface area contributed by atoms with Gasteiger partial charge in [0.05, 0.1) is 6.54 Å². The summed E-state index contributed by atoms with van der Waals surface area (Å²) >= 11 is 0. The van der Waals surface area contributed by atoms with Gasteiger partial charge < -0.3 is 15.4 Å². The highest BCUT2D eigenvalue weighted by Crippen LogP contribution is 2.19. The molecule has 3 aromatic rings. The van der Waals surface area contributed by atoms with Crippen molar-refractivity contribution in [3.05, 3.63) is 82.9 Å². The first kappa shape index (κ1) is 19.1. The maximum atomic E-state index is 13.0. The van der Waals surface area contributed by atoms with Gasteiger partial charge in [0.25, 0.3) is 5.91 Å². The number of ether oxygens (including phenoxy) is 1. The number of para-hydroxylation sites is 1. The molecule has 0 saturated heterocycles. The fraction of sp³-hybridized carbons (Fsp3) is 0.273. The number of rotatable bonds is 7. The van der Waals surface area contributed by atoms with Crippen LogP contribution in [0.25, 0.3) is 0 Å². The van der Waals surface area contributed by atoms with Crippen LogP contribution >= 0.6 is 0 Å². The van der Waals surface area contributed by atoms with Crippen molar-refractivity contribution in [2.45, 2.75) is 26.1 Å². The summed E-state index contributed by atoms with van der Waals surface area (Å²) in [5.74, 6) is 0.293. The fourth-order valence-electron chi connectivity index (χ4n) is 3.42. The van der Waals surface area contributed by atoms with E-state index in [1.807, 2.05) is 35.0 Å². The smallest absolute Gasteiger partial charge is 0.272 e. The average Bonchev–Trinajstić information content (AvgIpc) is 3.13. The molecule has 1 amide bonds. The second kappa shape index (κ2) is 8.87. The predicted molar refractivity (Wildman–Crippen MR) is 107 cm³/mol. The average molecular weight is 394 g/mol. The number of halogens is 1. The van der Waals surface area contributed by atoms with Crippen LogP contribution in [-0.2, 0) is 26.1 Å². The first-order valence-corrected chi connectivity index (χ1v) is 9.70. The minimum atomic E-state index is -0.295. The first-order chi connectivity index (χ1) is 14.2. The van der Waals surface area contributed by atoms with Gasteiger partial charge in [0.1, 0.15) is 18.2 Å². The number of amides is 1. The largest absolute Gasteiger partial charge is 0.492 e. The Labute approximate surface area is 168 Å². The Hall–Kier alpha value is -3.19. The fourth-order valence-corrected chi connectivity index (χ4v) is 3.42. The van der Waals surface area contributed by atoms with Crippen molar-refractivity contribution >= 4 is 5.91 Å². The van der Waals surface area contributed by atoms with Gasteiger partial charge in [-0.2, -0.15) is 5.10 Å². The Balaban J connectivity index is 1.43. The maximum absolute atomic E-state index is 13.0. The molecule has 0 bridgehead atoms. The number of aromatic nitrogens is 2. The van der Waals surface area contributed by atoms with Crippen molar-refractivity contribution in [2.24, 2.45) is 0 Å². The van der Waals surface area contributed by atoms with Crippen LogP contribution < -0.4 is 15.4 Å². The summed E-state index contributed by atoms with van der Waals surface area (Å²) < 4.78 is 20.7. The second-order valence-corrected chi connectivity index (χ2v) is 6.89. The summed E-state index contributed by atoms with van der Waals surface area (Å²) in [6.07, 6.45) is 0.818. The normalized spacial score (nSPS) is 13.0. The monoisotopic (exact) mass is 394 g/mol. The van der Waals surface area contributed by atoms with Crippen LogP contribution in [-0.4, -0.2) is 28.8 Å². The molecule has 2 aromatic carbocycles. The molecule has 0 fully saturated rings. The van der Waals surface area contributed by atoms with E-state index in [0.29, 0.717) is 31.9 Å². The molecule has 0 unspecified atom stereocenters. The van der Waals surface area contributed by atoms with Gasteiger partial charge in [-0.15, -0.1) is 0 Å². The molecule has 0 atom stereocenters. The molecule has 2 heterocycles. The van der Waals surface area contributed by atoms with Crippen molar-refractivity contribution in [3.8, 4) is 5.75 Å². The van der Waals surface area contributed by atoms with E-state index in [0.717, 1.165) is 35.5 Å². The summed E-state index contributed by atoms with van der Waals surface area (Å²) in [5.41, 5.74) is 3.29. The molecule has 150 valence electrons. The lowest BCUT2D eigenvalue weighted by Crippen LogP contribution is -2.28. The zero-order valence-electron chi connectivity index (χ0n) is 16.0. The van der Waals surface area contributed by atoms with E-state index < -0.39 is 0 Å².